The van der Waals surface area contributed by atoms with Crippen molar-refractivity contribution in [3.63, 3.8) is 0 Å². The highest BCUT2D eigenvalue weighted by molar-refractivity contribution is 5.68. The van der Waals surface area contributed by atoms with Crippen LogP contribution < -0.4 is 5.73 Å². The first kappa shape index (κ1) is 15.8. The van der Waals surface area contributed by atoms with E-state index >= 15 is 0 Å². The third-order valence-electron chi connectivity index (χ3n) is 4.32. The Bertz CT molecular complexity index is 480. The van der Waals surface area contributed by atoms with Crippen molar-refractivity contribution in [3.05, 3.63) is 0 Å². The molecule has 6 nitrogen and oxygen atoms in total. The summed E-state index contributed by atoms with van der Waals surface area (Å²) in [6.07, 6.45) is 1.72. The Morgan fingerprint density at radius 3 is 2.67 bits per heavy atom. The second-order valence-electron chi connectivity index (χ2n) is 7.13. The van der Waals surface area contributed by atoms with Crippen molar-refractivity contribution in [2.45, 2.75) is 44.8 Å². The van der Waals surface area contributed by atoms with Gasteiger partial charge in [-0.05, 0) is 39.5 Å². The maximum Gasteiger partial charge on any atom is 0.410 e. The number of carbonyl (C=O) groups is 2. The van der Waals surface area contributed by atoms with Crippen LogP contribution in [0.2, 0.25) is 0 Å². The molecule has 0 spiro atoms. The molecular formula is C15H23N3O3. The van der Waals surface area contributed by atoms with Crippen LogP contribution in [0.1, 0.15) is 33.6 Å². The number of carbonyl (C=O) groups excluding carboxylic acids is 2. The quantitative estimate of drug-likeness (QED) is 0.774. The third-order valence-corrected chi connectivity index (χ3v) is 4.32. The van der Waals surface area contributed by atoms with Gasteiger partial charge in [-0.25, -0.2) is 4.79 Å². The highest BCUT2D eigenvalue weighted by Gasteiger charge is 2.53. The Morgan fingerprint density at radius 2 is 2.19 bits per heavy atom. The number of likely N-dealkylation sites (tertiary alicyclic amines) is 1. The molecule has 2 rings (SSSR count). The molecule has 6 heteroatoms. The van der Waals surface area contributed by atoms with Crippen molar-refractivity contribution in [1.82, 2.24) is 4.90 Å². The van der Waals surface area contributed by atoms with Crippen LogP contribution in [0, 0.1) is 29.1 Å². The Hall–Kier alpha value is -1.61. The van der Waals surface area contributed by atoms with Crippen LogP contribution >= 0.6 is 0 Å². The summed E-state index contributed by atoms with van der Waals surface area (Å²) in [7, 11) is 0. The lowest BCUT2D eigenvalue weighted by Crippen LogP contribution is -2.59. The van der Waals surface area contributed by atoms with E-state index in [0.29, 0.717) is 19.5 Å². The van der Waals surface area contributed by atoms with Crippen LogP contribution in [0.3, 0.4) is 0 Å². The number of hydrogen-bond acceptors (Lipinski definition) is 5. The number of nitriles is 1. The van der Waals surface area contributed by atoms with Crippen molar-refractivity contribution in [1.29, 1.82) is 5.26 Å². The molecule has 1 amide bonds. The summed E-state index contributed by atoms with van der Waals surface area (Å²) in [5, 5.41) is 9.37. The maximum absolute atomic E-state index is 12.2. The summed E-state index contributed by atoms with van der Waals surface area (Å²) in [5.41, 5.74) is 4.69. The number of amides is 1. The average Bonchev–Trinajstić information content (AvgIpc) is 3.16. The lowest BCUT2D eigenvalue weighted by atomic mass is 9.76. The van der Waals surface area contributed by atoms with Gasteiger partial charge in [0.05, 0.1) is 6.07 Å². The van der Waals surface area contributed by atoms with Gasteiger partial charge in [0.15, 0.2) is 0 Å². The molecule has 21 heavy (non-hydrogen) atoms. The summed E-state index contributed by atoms with van der Waals surface area (Å²) in [6.45, 7) is 6.25. The Balaban J connectivity index is 2.08. The van der Waals surface area contributed by atoms with E-state index in [1.165, 1.54) is 0 Å². The van der Waals surface area contributed by atoms with E-state index in [9.17, 15) is 14.9 Å². The van der Waals surface area contributed by atoms with Crippen LogP contribution in [0.25, 0.3) is 0 Å². The number of nitrogens with zero attached hydrogens (tertiary/aromatic N) is 2. The van der Waals surface area contributed by atoms with E-state index in [-0.39, 0.29) is 23.8 Å². The second-order valence-corrected chi connectivity index (χ2v) is 7.13. The molecule has 0 aromatic rings. The monoisotopic (exact) mass is 293 g/mol. The smallest absolute Gasteiger partial charge is 0.410 e. The standard InChI is InChI=1S/C15H23N3O3/c1-14(2,3)21-13(20)18-5-4-15(17,9-16)12(7-18)11-6-10(11)8-19/h8,10-12H,4-7,17H2,1-3H3. The van der Waals surface area contributed by atoms with Gasteiger partial charge in [-0.2, -0.15) is 5.26 Å². The summed E-state index contributed by atoms with van der Waals surface area (Å²) in [5.74, 6) is -0.0822. The van der Waals surface area contributed by atoms with Crippen molar-refractivity contribution >= 4 is 12.4 Å². The van der Waals surface area contributed by atoms with Crippen molar-refractivity contribution < 1.29 is 14.3 Å². The molecule has 0 aromatic heterocycles. The molecule has 1 heterocycles. The fourth-order valence-electron chi connectivity index (χ4n) is 3.00. The first-order valence-corrected chi connectivity index (χ1v) is 7.33. The van der Waals surface area contributed by atoms with Gasteiger partial charge >= 0.3 is 6.09 Å². The molecule has 0 bridgehead atoms. The van der Waals surface area contributed by atoms with Gasteiger partial charge in [0.1, 0.15) is 17.4 Å². The van der Waals surface area contributed by atoms with E-state index in [1.54, 1.807) is 4.90 Å². The molecule has 4 unspecified atom stereocenters. The molecule has 0 radical (unpaired) electrons. The first-order valence-electron chi connectivity index (χ1n) is 7.33. The topological polar surface area (TPSA) is 96.4 Å². The van der Waals surface area contributed by atoms with E-state index in [2.05, 4.69) is 6.07 Å². The number of hydrogen-bond donors (Lipinski definition) is 1. The fourth-order valence-corrected chi connectivity index (χ4v) is 3.00. The molecular weight excluding hydrogens is 270 g/mol. The van der Waals surface area contributed by atoms with Crippen LogP contribution in [-0.2, 0) is 9.53 Å². The van der Waals surface area contributed by atoms with Gasteiger partial charge in [0.25, 0.3) is 0 Å². The minimum Gasteiger partial charge on any atom is -0.444 e. The first-order chi connectivity index (χ1) is 9.70. The largest absolute Gasteiger partial charge is 0.444 e. The van der Waals surface area contributed by atoms with Crippen LogP contribution in [0.5, 0.6) is 0 Å². The zero-order chi connectivity index (χ0) is 15.8. The minimum atomic E-state index is -0.957. The Morgan fingerprint density at radius 1 is 1.52 bits per heavy atom. The highest BCUT2D eigenvalue weighted by atomic mass is 16.6. The predicted molar refractivity (Wildman–Crippen MR) is 76.1 cm³/mol. The summed E-state index contributed by atoms with van der Waals surface area (Å²) in [6, 6.07) is 2.19. The van der Waals surface area contributed by atoms with Crippen molar-refractivity contribution in [3.8, 4) is 6.07 Å². The molecule has 116 valence electrons. The van der Waals surface area contributed by atoms with Crippen molar-refractivity contribution in [2.75, 3.05) is 13.1 Å². The molecule has 2 N–H and O–H groups in total. The van der Waals surface area contributed by atoms with E-state index < -0.39 is 11.1 Å². The number of piperidine rings is 1. The lowest BCUT2D eigenvalue weighted by molar-refractivity contribution is -0.109. The van der Waals surface area contributed by atoms with Gasteiger partial charge < -0.3 is 20.2 Å². The third kappa shape index (κ3) is 3.35. The lowest BCUT2D eigenvalue weighted by Gasteiger charge is -2.42. The van der Waals surface area contributed by atoms with Crippen LogP contribution in [-0.4, -0.2) is 41.5 Å². The fraction of sp³-hybridized carbons (Fsp3) is 0.800. The molecule has 4 atom stereocenters. The van der Waals surface area contributed by atoms with Gasteiger partial charge in [0.2, 0.25) is 0 Å². The second kappa shape index (κ2) is 5.30. The van der Waals surface area contributed by atoms with Crippen LogP contribution in [0.4, 0.5) is 4.79 Å². The van der Waals surface area contributed by atoms with E-state index in [0.717, 1.165) is 12.7 Å². The summed E-state index contributed by atoms with van der Waals surface area (Å²) in [4.78, 5) is 24.7. The van der Waals surface area contributed by atoms with Crippen molar-refractivity contribution in [2.24, 2.45) is 23.5 Å². The summed E-state index contributed by atoms with van der Waals surface area (Å²) >= 11 is 0. The molecule has 2 aliphatic rings. The Kier molecular flexibility index (Phi) is 3.98. The number of rotatable bonds is 2. The normalized spacial score (nSPS) is 35.8. The number of nitrogens with two attached hydrogens (primary N) is 1. The zero-order valence-corrected chi connectivity index (χ0v) is 12.8. The molecule has 1 aliphatic heterocycles. The van der Waals surface area contributed by atoms with Gasteiger partial charge in [-0.1, -0.05) is 0 Å². The van der Waals surface area contributed by atoms with E-state index in [1.807, 2.05) is 20.8 Å². The molecule has 1 saturated carbocycles. The number of ether oxygens (including phenoxy) is 1. The van der Waals surface area contributed by atoms with Gasteiger partial charge in [-0.3, -0.25) is 0 Å². The predicted octanol–water partition coefficient (Wildman–Crippen LogP) is 1.30. The van der Waals surface area contributed by atoms with Gasteiger partial charge in [-0.15, -0.1) is 0 Å². The zero-order valence-electron chi connectivity index (χ0n) is 12.8. The number of aldehydes is 1. The SMILES string of the molecule is CC(C)(C)OC(=O)N1CCC(N)(C#N)C(C2CC2C=O)C1. The minimum absolute atomic E-state index is 0.0233. The molecule has 1 saturated heterocycles. The maximum atomic E-state index is 12.2. The molecule has 1 aliphatic carbocycles. The summed E-state index contributed by atoms with van der Waals surface area (Å²) < 4.78 is 5.37. The van der Waals surface area contributed by atoms with Gasteiger partial charge in [0, 0.05) is 24.9 Å². The van der Waals surface area contributed by atoms with E-state index in [4.69, 9.17) is 10.5 Å². The molecule has 2 fully saturated rings. The molecule has 0 aromatic carbocycles. The average molecular weight is 293 g/mol. The van der Waals surface area contributed by atoms with Crippen LogP contribution in [0.15, 0.2) is 0 Å². The highest BCUT2D eigenvalue weighted by Crippen LogP contribution is 2.48. The Labute approximate surface area is 125 Å².